The van der Waals surface area contributed by atoms with E-state index in [-0.39, 0.29) is 0 Å². The zero-order chi connectivity index (χ0) is 10.3. The minimum atomic E-state index is -1.02. The average Bonchev–Trinajstić information content (AvgIpc) is 2.45. The van der Waals surface area contributed by atoms with Gasteiger partial charge in [-0.3, -0.25) is 0 Å². The Kier molecular flexibility index (Phi) is 2.79. The Labute approximate surface area is 97.6 Å². The molecule has 14 heavy (non-hydrogen) atoms. The minimum Gasteiger partial charge on any atom is -0.612 e. The normalized spacial score (nSPS) is 13.4. The molecule has 1 unspecified atom stereocenters. The third-order valence-corrected chi connectivity index (χ3v) is 3.42. The fourth-order valence-corrected chi connectivity index (χ4v) is 2.56. The molecule has 0 radical (unpaired) electrons. The van der Waals surface area contributed by atoms with Crippen LogP contribution in [0.15, 0.2) is 31.1 Å². The van der Waals surface area contributed by atoms with Gasteiger partial charge in [0.05, 0.1) is 4.47 Å². The fraction of sp³-hybridized carbons (Fsp3) is 0.125. The highest BCUT2D eigenvalue weighted by Crippen LogP contribution is 2.29. The molecule has 1 aromatic carbocycles. The number of nitrogens with zero attached hydrogens (tertiary/aromatic N) is 1. The second-order valence-electron chi connectivity index (χ2n) is 2.70. The Balaban J connectivity index is 2.71. The van der Waals surface area contributed by atoms with Crippen LogP contribution in [-0.4, -0.2) is 15.8 Å². The van der Waals surface area contributed by atoms with Crippen LogP contribution in [0, 0.1) is 0 Å². The second kappa shape index (κ2) is 3.77. The molecule has 0 fully saturated rings. The van der Waals surface area contributed by atoms with Crippen LogP contribution in [0.1, 0.15) is 0 Å². The summed E-state index contributed by atoms with van der Waals surface area (Å²) in [6.45, 7) is 0. The van der Waals surface area contributed by atoms with Crippen LogP contribution in [-0.2, 0) is 11.2 Å². The van der Waals surface area contributed by atoms with Gasteiger partial charge in [0.15, 0.2) is 10.5 Å². The molecule has 0 bridgehead atoms. The van der Waals surface area contributed by atoms with Crippen LogP contribution in [0.3, 0.4) is 0 Å². The third-order valence-electron chi connectivity index (χ3n) is 1.74. The van der Waals surface area contributed by atoms with Crippen molar-refractivity contribution in [1.29, 1.82) is 0 Å². The van der Waals surface area contributed by atoms with Gasteiger partial charge < -0.3 is 8.97 Å². The van der Waals surface area contributed by atoms with Gasteiger partial charge in [-0.15, -0.1) is 0 Å². The molecule has 2 aromatic rings. The summed E-state index contributed by atoms with van der Waals surface area (Å²) in [6, 6.07) is 3.50. The van der Waals surface area contributed by atoms with Crippen molar-refractivity contribution in [3.05, 3.63) is 16.6 Å². The average molecular weight is 292 g/mol. The molecule has 6 heteroatoms. The monoisotopic (exact) mass is 291 g/mol. The van der Waals surface area contributed by atoms with Crippen molar-refractivity contribution < 1.29 is 8.97 Å². The number of rotatable bonds is 1. The molecule has 0 saturated carbocycles. The molecule has 0 saturated heterocycles. The Morgan fingerprint density at radius 3 is 2.93 bits per heavy atom. The summed E-state index contributed by atoms with van der Waals surface area (Å²) in [5.41, 5.74) is 1.29. The predicted octanol–water partition coefficient (Wildman–Crippen LogP) is 2.62. The van der Waals surface area contributed by atoms with E-state index in [9.17, 15) is 4.55 Å². The summed E-state index contributed by atoms with van der Waals surface area (Å²) in [7, 11) is 0. The lowest BCUT2D eigenvalue weighted by atomic mass is 10.3. The van der Waals surface area contributed by atoms with Crippen molar-refractivity contribution >= 4 is 50.8 Å². The molecule has 0 spiro atoms. The van der Waals surface area contributed by atoms with Gasteiger partial charge in [0, 0.05) is 12.1 Å². The van der Waals surface area contributed by atoms with Crippen LogP contribution < -0.4 is 0 Å². The van der Waals surface area contributed by atoms with Crippen molar-refractivity contribution in [1.82, 2.24) is 4.98 Å². The van der Waals surface area contributed by atoms with Crippen LogP contribution >= 0.6 is 28.6 Å². The van der Waals surface area contributed by atoms with Crippen molar-refractivity contribution in [3.8, 4) is 0 Å². The highest BCUT2D eigenvalue weighted by atomic mass is 79.9. The predicted molar refractivity (Wildman–Crippen MR) is 61.3 cm³/mol. The maximum atomic E-state index is 11.3. The van der Waals surface area contributed by atoms with Gasteiger partial charge >= 0.3 is 0 Å². The first-order chi connectivity index (χ1) is 6.58. The molecule has 0 N–H and O–H groups in total. The topological polar surface area (TPSA) is 49.1 Å². The van der Waals surface area contributed by atoms with E-state index in [1.165, 1.54) is 0 Å². The lowest BCUT2D eigenvalue weighted by Crippen LogP contribution is -1.96. The van der Waals surface area contributed by atoms with Crippen LogP contribution in [0.2, 0.25) is 0 Å². The number of fused-ring (bicyclic) bond motifs is 1. The number of hydrogen-bond acceptors (Lipinski definition) is 4. The second-order valence-corrected chi connectivity index (χ2v) is 5.32. The van der Waals surface area contributed by atoms with Crippen molar-refractivity contribution in [2.75, 3.05) is 6.26 Å². The number of hydrogen-bond donors (Lipinski definition) is 1. The zero-order valence-corrected chi connectivity index (χ0v) is 10.4. The molecule has 1 atom stereocenters. The molecule has 0 aliphatic rings. The molecule has 3 nitrogen and oxygen atoms in total. The van der Waals surface area contributed by atoms with E-state index in [0.29, 0.717) is 21.2 Å². The number of thiol groups is 1. The summed E-state index contributed by atoms with van der Waals surface area (Å²) >= 11 is 6.31. The van der Waals surface area contributed by atoms with Gasteiger partial charge in [-0.05, 0) is 27.1 Å². The smallest absolute Gasteiger partial charge is 0.253 e. The van der Waals surface area contributed by atoms with Crippen LogP contribution in [0.5, 0.6) is 0 Å². The first kappa shape index (κ1) is 10.4. The Morgan fingerprint density at radius 2 is 2.29 bits per heavy atom. The summed E-state index contributed by atoms with van der Waals surface area (Å²) in [5, 5.41) is 0.305. The largest absolute Gasteiger partial charge is 0.612 e. The highest BCUT2D eigenvalue weighted by molar-refractivity contribution is 9.10. The van der Waals surface area contributed by atoms with E-state index in [1.807, 2.05) is 0 Å². The summed E-state index contributed by atoms with van der Waals surface area (Å²) in [6.07, 6.45) is 1.62. The third kappa shape index (κ3) is 1.79. The van der Waals surface area contributed by atoms with E-state index >= 15 is 0 Å². The number of benzene rings is 1. The highest BCUT2D eigenvalue weighted by Gasteiger charge is 2.13. The summed E-state index contributed by atoms with van der Waals surface area (Å²) in [4.78, 5) is 4.76. The zero-order valence-electron chi connectivity index (χ0n) is 7.15. The molecule has 2 rings (SSSR count). The van der Waals surface area contributed by atoms with E-state index < -0.39 is 11.2 Å². The molecule has 0 amide bonds. The first-order valence-corrected chi connectivity index (χ1v) is 6.50. The molecule has 0 aliphatic carbocycles. The van der Waals surface area contributed by atoms with Gasteiger partial charge in [-0.1, -0.05) is 12.6 Å². The Bertz CT molecular complexity index is 483. The van der Waals surface area contributed by atoms with E-state index in [4.69, 9.17) is 4.42 Å². The number of halogens is 1. The molecular weight excluding hydrogens is 286 g/mol. The Morgan fingerprint density at radius 1 is 1.57 bits per heavy atom. The Hall–Kier alpha value is -0.170. The lowest BCUT2D eigenvalue weighted by Gasteiger charge is -2.03. The number of oxazole rings is 1. The molecule has 1 heterocycles. The van der Waals surface area contributed by atoms with Crippen molar-refractivity contribution in [2.45, 2.75) is 10.1 Å². The fourth-order valence-electron chi connectivity index (χ4n) is 1.12. The van der Waals surface area contributed by atoms with Crippen LogP contribution in [0.4, 0.5) is 0 Å². The minimum absolute atomic E-state index is 0.305. The van der Waals surface area contributed by atoms with Gasteiger partial charge in [0.2, 0.25) is 0 Å². The van der Waals surface area contributed by atoms with Gasteiger partial charge in [0.25, 0.3) is 5.22 Å². The maximum absolute atomic E-state index is 11.3. The molecular formula is C8H6BrNO2S2. The molecule has 74 valence electrons. The lowest BCUT2D eigenvalue weighted by molar-refractivity contribution is 0.490. The quantitative estimate of drug-likeness (QED) is 0.649. The van der Waals surface area contributed by atoms with Gasteiger partial charge in [-0.2, -0.15) is 0 Å². The molecule has 1 aromatic heterocycles. The number of aromatic nitrogens is 1. The van der Waals surface area contributed by atoms with E-state index in [1.54, 1.807) is 18.4 Å². The summed E-state index contributed by atoms with van der Waals surface area (Å²) in [5.74, 6) is 0. The van der Waals surface area contributed by atoms with Gasteiger partial charge in [0.1, 0.15) is 11.8 Å². The SMILES string of the molecule is C[S+]([O-])c1cc(Br)c2oc(S)nc2c1. The molecule has 0 aliphatic heterocycles. The maximum Gasteiger partial charge on any atom is 0.253 e. The van der Waals surface area contributed by atoms with E-state index in [2.05, 4.69) is 33.5 Å². The summed E-state index contributed by atoms with van der Waals surface area (Å²) < 4.78 is 17.2. The van der Waals surface area contributed by atoms with E-state index in [0.717, 1.165) is 4.47 Å². The van der Waals surface area contributed by atoms with Gasteiger partial charge in [-0.25, -0.2) is 4.98 Å². The van der Waals surface area contributed by atoms with Crippen LogP contribution in [0.25, 0.3) is 11.1 Å². The van der Waals surface area contributed by atoms with Crippen molar-refractivity contribution in [3.63, 3.8) is 0 Å². The first-order valence-electron chi connectivity index (χ1n) is 3.70. The standard InChI is InChI=1S/C8H6BrNO2S2/c1-14(11)4-2-5(9)7-6(3-4)10-8(13)12-7/h2-3H,1H3,(H,10,13). The van der Waals surface area contributed by atoms with Crippen molar-refractivity contribution in [2.24, 2.45) is 0 Å².